The molecule has 0 radical (unpaired) electrons. The number of hydrogen-bond acceptors (Lipinski definition) is 1. The quantitative estimate of drug-likeness (QED) is 0.573. The number of rotatable bonds is 7. The third-order valence-corrected chi connectivity index (χ3v) is 5.04. The van der Waals surface area contributed by atoms with Crippen molar-refractivity contribution >= 4 is 28.4 Å². The minimum Gasteiger partial charge on any atom is -0.361 e. The number of aryl methyl sites for hydroxylation is 1. The first-order valence-corrected chi connectivity index (χ1v) is 9.62. The van der Waals surface area contributed by atoms with Gasteiger partial charge in [-0.15, -0.1) is 0 Å². The van der Waals surface area contributed by atoms with E-state index in [1.807, 2.05) is 30.5 Å². The molecule has 1 atom stereocenters. The van der Waals surface area contributed by atoms with Gasteiger partial charge in [0.05, 0.1) is 0 Å². The van der Waals surface area contributed by atoms with Crippen LogP contribution in [0.3, 0.4) is 0 Å². The van der Waals surface area contributed by atoms with Crippen LogP contribution in [0.25, 0.3) is 10.9 Å². The first-order valence-electron chi connectivity index (χ1n) is 9.25. The van der Waals surface area contributed by atoms with Crippen LogP contribution < -0.4 is 5.32 Å². The molecule has 0 bridgehead atoms. The number of carbonyl (C=O) groups is 1. The van der Waals surface area contributed by atoms with Crippen molar-refractivity contribution in [3.05, 3.63) is 70.4 Å². The molecule has 136 valence electrons. The van der Waals surface area contributed by atoms with Gasteiger partial charge in [-0.1, -0.05) is 55.8 Å². The van der Waals surface area contributed by atoms with Crippen LogP contribution in [0.2, 0.25) is 5.02 Å². The zero-order valence-electron chi connectivity index (χ0n) is 15.3. The van der Waals surface area contributed by atoms with E-state index in [1.54, 1.807) is 0 Å². The molecule has 1 heterocycles. The molecule has 2 N–H and O–H groups in total. The largest absolute Gasteiger partial charge is 0.361 e. The molecule has 26 heavy (non-hydrogen) atoms. The Bertz CT molecular complexity index is 900. The van der Waals surface area contributed by atoms with Crippen molar-refractivity contribution in [2.75, 3.05) is 6.54 Å². The summed E-state index contributed by atoms with van der Waals surface area (Å²) >= 11 is 6.23. The Balaban J connectivity index is 2.04. The van der Waals surface area contributed by atoms with Gasteiger partial charge in [0.1, 0.15) is 0 Å². The minimum atomic E-state index is -0.0357. The van der Waals surface area contributed by atoms with Gasteiger partial charge < -0.3 is 10.3 Å². The lowest BCUT2D eigenvalue weighted by Crippen LogP contribution is -2.26. The highest BCUT2D eigenvalue weighted by Gasteiger charge is 2.22. The summed E-state index contributed by atoms with van der Waals surface area (Å²) < 4.78 is 0. The Morgan fingerprint density at radius 1 is 1.19 bits per heavy atom. The first-order chi connectivity index (χ1) is 12.6. The van der Waals surface area contributed by atoms with Gasteiger partial charge in [-0.05, 0) is 41.7 Å². The molecule has 1 amide bonds. The summed E-state index contributed by atoms with van der Waals surface area (Å²) in [5.41, 5.74) is 4.65. The van der Waals surface area contributed by atoms with Gasteiger partial charge >= 0.3 is 0 Å². The van der Waals surface area contributed by atoms with Gasteiger partial charge in [-0.3, -0.25) is 4.79 Å². The van der Waals surface area contributed by atoms with Crippen LogP contribution in [-0.2, 0) is 11.2 Å². The molecular formula is C22H25ClN2O. The molecular weight excluding hydrogens is 344 g/mol. The molecule has 0 saturated carbocycles. The highest BCUT2D eigenvalue weighted by molar-refractivity contribution is 6.30. The lowest BCUT2D eigenvalue weighted by atomic mass is 9.87. The number of hydrogen-bond donors (Lipinski definition) is 2. The predicted molar refractivity (Wildman–Crippen MR) is 109 cm³/mol. The van der Waals surface area contributed by atoms with Crippen molar-refractivity contribution < 1.29 is 4.79 Å². The highest BCUT2D eigenvalue weighted by Crippen LogP contribution is 2.35. The SMILES string of the molecule is CCCNC(=O)CC(c1cccc(Cl)c1)c1c[nH]c2c(CC)cccc12. The number of benzene rings is 2. The smallest absolute Gasteiger partial charge is 0.220 e. The predicted octanol–water partition coefficient (Wildman–Crippen LogP) is 5.43. The summed E-state index contributed by atoms with van der Waals surface area (Å²) in [7, 11) is 0. The molecule has 0 aliphatic heterocycles. The summed E-state index contributed by atoms with van der Waals surface area (Å²) in [5, 5.41) is 4.87. The summed E-state index contributed by atoms with van der Waals surface area (Å²) in [4.78, 5) is 15.9. The standard InChI is InChI=1S/C22H25ClN2O/c1-3-11-24-21(26)13-19(16-8-5-9-17(23)12-16)20-14-25-22-15(4-2)7-6-10-18(20)22/h5-10,12,14,19,25H,3-4,11,13H2,1-2H3,(H,24,26). The van der Waals surface area contributed by atoms with Gasteiger partial charge in [-0.25, -0.2) is 0 Å². The van der Waals surface area contributed by atoms with E-state index in [2.05, 4.69) is 42.3 Å². The molecule has 0 saturated heterocycles. The Hall–Kier alpha value is -2.26. The monoisotopic (exact) mass is 368 g/mol. The molecule has 3 aromatic rings. The number of fused-ring (bicyclic) bond motifs is 1. The van der Waals surface area contributed by atoms with Gasteiger partial charge in [0.25, 0.3) is 0 Å². The average Bonchev–Trinajstić information content (AvgIpc) is 3.08. The topological polar surface area (TPSA) is 44.9 Å². The fraction of sp³-hybridized carbons (Fsp3) is 0.318. The number of para-hydroxylation sites is 1. The maximum absolute atomic E-state index is 12.5. The number of aromatic amines is 1. The minimum absolute atomic E-state index is 0.0357. The molecule has 3 nitrogen and oxygen atoms in total. The molecule has 0 spiro atoms. The highest BCUT2D eigenvalue weighted by atomic mass is 35.5. The zero-order chi connectivity index (χ0) is 18.5. The van der Waals surface area contributed by atoms with Gasteiger partial charge in [0.15, 0.2) is 0 Å². The van der Waals surface area contributed by atoms with Crippen molar-refractivity contribution in [2.45, 2.75) is 39.0 Å². The maximum atomic E-state index is 12.5. The number of carbonyl (C=O) groups excluding carboxylic acids is 1. The van der Waals surface area contributed by atoms with Crippen LogP contribution in [0.5, 0.6) is 0 Å². The van der Waals surface area contributed by atoms with Crippen molar-refractivity contribution in [3.63, 3.8) is 0 Å². The van der Waals surface area contributed by atoms with E-state index in [-0.39, 0.29) is 11.8 Å². The van der Waals surface area contributed by atoms with Gasteiger partial charge in [-0.2, -0.15) is 0 Å². The van der Waals surface area contributed by atoms with E-state index in [0.717, 1.165) is 29.5 Å². The van der Waals surface area contributed by atoms with Crippen molar-refractivity contribution in [1.29, 1.82) is 0 Å². The van der Waals surface area contributed by atoms with Crippen LogP contribution in [0.1, 0.15) is 49.3 Å². The summed E-state index contributed by atoms with van der Waals surface area (Å²) in [6.07, 6.45) is 4.35. The van der Waals surface area contributed by atoms with Crippen molar-refractivity contribution in [2.24, 2.45) is 0 Å². The molecule has 2 aromatic carbocycles. The normalized spacial score (nSPS) is 12.3. The van der Waals surface area contributed by atoms with E-state index < -0.39 is 0 Å². The van der Waals surface area contributed by atoms with E-state index in [9.17, 15) is 4.79 Å². The first kappa shape index (κ1) is 18.5. The molecule has 3 rings (SSSR count). The molecule has 0 aliphatic rings. The number of nitrogens with one attached hydrogen (secondary N) is 2. The fourth-order valence-corrected chi connectivity index (χ4v) is 3.67. The molecule has 4 heteroatoms. The Kier molecular flexibility index (Phi) is 6.00. The Morgan fingerprint density at radius 2 is 2.00 bits per heavy atom. The van der Waals surface area contributed by atoms with E-state index in [4.69, 9.17) is 11.6 Å². The molecule has 0 fully saturated rings. The lowest BCUT2D eigenvalue weighted by molar-refractivity contribution is -0.121. The summed E-state index contributed by atoms with van der Waals surface area (Å²) in [5.74, 6) is 0.0317. The second-order valence-electron chi connectivity index (χ2n) is 6.60. The fourth-order valence-electron chi connectivity index (χ4n) is 3.47. The second-order valence-corrected chi connectivity index (χ2v) is 7.04. The third kappa shape index (κ3) is 3.94. The third-order valence-electron chi connectivity index (χ3n) is 4.80. The van der Waals surface area contributed by atoms with Crippen LogP contribution in [0, 0.1) is 0 Å². The van der Waals surface area contributed by atoms with Crippen molar-refractivity contribution in [3.8, 4) is 0 Å². The van der Waals surface area contributed by atoms with Crippen LogP contribution in [0.15, 0.2) is 48.7 Å². The second kappa shape index (κ2) is 8.41. The van der Waals surface area contributed by atoms with Crippen molar-refractivity contribution in [1.82, 2.24) is 10.3 Å². The maximum Gasteiger partial charge on any atom is 0.220 e. The van der Waals surface area contributed by atoms with E-state index in [0.29, 0.717) is 18.0 Å². The van der Waals surface area contributed by atoms with Crippen LogP contribution in [0.4, 0.5) is 0 Å². The number of aromatic nitrogens is 1. The Labute approximate surface area is 159 Å². The summed E-state index contributed by atoms with van der Waals surface area (Å²) in [6, 6.07) is 14.2. The van der Waals surface area contributed by atoms with E-state index in [1.165, 1.54) is 10.9 Å². The molecule has 1 aromatic heterocycles. The number of halogens is 1. The van der Waals surface area contributed by atoms with Gasteiger partial charge in [0, 0.05) is 41.0 Å². The Morgan fingerprint density at radius 3 is 2.73 bits per heavy atom. The zero-order valence-corrected chi connectivity index (χ0v) is 16.1. The van der Waals surface area contributed by atoms with Gasteiger partial charge in [0.2, 0.25) is 5.91 Å². The average molecular weight is 369 g/mol. The number of amides is 1. The lowest BCUT2D eigenvalue weighted by Gasteiger charge is -2.17. The molecule has 0 aliphatic carbocycles. The van der Waals surface area contributed by atoms with Crippen LogP contribution >= 0.6 is 11.6 Å². The molecule has 1 unspecified atom stereocenters. The number of H-pyrrole nitrogens is 1. The van der Waals surface area contributed by atoms with Crippen LogP contribution in [-0.4, -0.2) is 17.4 Å². The summed E-state index contributed by atoms with van der Waals surface area (Å²) in [6.45, 7) is 4.91. The van der Waals surface area contributed by atoms with E-state index >= 15 is 0 Å².